The van der Waals surface area contributed by atoms with Gasteiger partial charge in [-0.1, -0.05) is 36.4 Å². The molecule has 378 valence electrons. The van der Waals surface area contributed by atoms with E-state index in [1.165, 1.54) is 34.9 Å². The first-order chi connectivity index (χ1) is 36.5. The van der Waals surface area contributed by atoms with Crippen molar-refractivity contribution >= 4 is 40.8 Å². The highest BCUT2D eigenvalue weighted by Crippen LogP contribution is 2.32. The van der Waals surface area contributed by atoms with Gasteiger partial charge >= 0.3 is 0 Å². The average molecular weight is 999 g/mol. The van der Waals surface area contributed by atoms with Gasteiger partial charge < -0.3 is 25.3 Å². The zero-order valence-electron chi connectivity index (χ0n) is 42.2. The number of nitrogens with one attached hydrogen (secondary N) is 2. The fourth-order valence-corrected chi connectivity index (χ4v) is 9.89. The lowest BCUT2D eigenvalue weighted by atomic mass is 9.89. The van der Waals surface area contributed by atoms with Crippen molar-refractivity contribution in [1.29, 1.82) is 10.5 Å². The van der Waals surface area contributed by atoms with Crippen molar-refractivity contribution in [3.8, 4) is 18.0 Å². The van der Waals surface area contributed by atoms with Crippen molar-refractivity contribution < 1.29 is 19.2 Å². The molecule has 10 rings (SSSR count). The normalized spacial score (nSPS) is 14.9. The summed E-state index contributed by atoms with van der Waals surface area (Å²) >= 11 is 0. The maximum Gasteiger partial charge on any atom is 0.255 e. The smallest absolute Gasteiger partial charge is 0.255 e. The number of nitrogens with zero attached hydrogens (tertiary/aromatic N) is 10. The van der Waals surface area contributed by atoms with Crippen LogP contribution in [0.15, 0.2) is 134 Å². The molecule has 0 bridgehead atoms. The van der Waals surface area contributed by atoms with E-state index in [4.69, 9.17) is 10.5 Å². The van der Waals surface area contributed by atoms with Gasteiger partial charge in [-0.25, -0.2) is 19.6 Å². The minimum atomic E-state index is -0.306. The number of carbonyl (C=O) groups is 4. The zero-order valence-corrected chi connectivity index (χ0v) is 42.2. The number of hydrogen-bond acceptors (Lipinski definition) is 11. The highest BCUT2D eigenvalue weighted by atomic mass is 16.2. The molecule has 0 spiro atoms. The van der Waals surface area contributed by atoms with Crippen molar-refractivity contribution in [3.05, 3.63) is 190 Å². The average Bonchev–Trinajstić information content (AvgIpc) is 4.02. The van der Waals surface area contributed by atoms with Crippen LogP contribution in [0.2, 0.25) is 0 Å². The van der Waals surface area contributed by atoms with Crippen molar-refractivity contribution in [2.24, 2.45) is 0 Å². The number of pyridine rings is 2. The Kier molecular flexibility index (Phi) is 16.1. The Bertz CT molecular complexity index is 3250. The Labute approximate surface area is 436 Å². The second-order valence-corrected chi connectivity index (χ2v) is 19.3. The van der Waals surface area contributed by atoms with Crippen molar-refractivity contribution in [1.82, 2.24) is 34.5 Å². The first-order valence-corrected chi connectivity index (χ1v) is 25.5. The van der Waals surface area contributed by atoms with Gasteiger partial charge in [-0.3, -0.25) is 19.2 Å². The molecule has 3 fully saturated rings. The molecule has 0 radical (unpaired) electrons. The van der Waals surface area contributed by atoms with Crippen LogP contribution < -0.4 is 15.5 Å². The zero-order chi connectivity index (χ0) is 52.3. The van der Waals surface area contributed by atoms with Crippen LogP contribution >= 0.6 is 0 Å². The number of hydrogen-bond donors (Lipinski definition) is 2. The Morgan fingerprint density at radius 2 is 0.987 bits per heavy atom. The molecule has 2 N–H and O–H groups in total. The van der Waals surface area contributed by atoms with Gasteiger partial charge in [0.2, 0.25) is 0 Å². The predicted molar refractivity (Wildman–Crippen MR) is 286 cm³/mol. The molecular weight excluding hydrogens is 941 g/mol. The summed E-state index contributed by atoms with van der Waals surface area (Å²) in [6, 6.07) is 37.5. The molecule has 6 heterocycles. The van der Waals surface area contributed by atoms with E-state index in [0.717, 1.165) is 68.6 Å². The molecule has 16 heteroatoms. The monoisotopic (exact) mass is 998 g/mol. The number of anilines is 3. The molecule has 4 aromatic carbocycles. The Hall–Kier alpha value is -9.02. The van der Waals surface area contributed by atoms with Gasteiger partial charge in [0, 0.05) is 85.3 Å². The molecule has 3 aliphatic heterocycles. The Morgan fingerprint density at radius 3 is 1.43 bits per heavy atom. The fraction of sp³-hybridized carbons (Fsp3) is 0.288. The number of benzene rings is 4. The highest BCUT2D eigenvalue weighted by molar-refractivity contribution is 6.07. The highest BCUT2D eigenvalue weighted by Gasteiger charge is 2.27. The molecule has 7 aromatic rings. The van der Waals surface area contributed by atoms with E-state index in [2.05, 4.69) is 47.7 Å². The number of amides is 4. The summed E-state index contributed by atoms with van der Waals surface area (Å²) in [5.74, 6) is 1.49. The van der Waals surface area contributed by atoms with E-state index >= 15 is 0 Å². The lowest BCUT2D eigenvalue weighted by Crippen LogP contribution is -2.38. The van der Waals surface area contributed by atoms with Crippen LogP contribution in [-0.2, 0) is 0 Å². The van der Waals surface area contributed by atoms with Crippen LogP contribution in [0.4, 0.5) is 17.2 Å². The maximum absolute atomic E-state index is 13.3. The molecule has 0 unspecified atom stereocenters. The summed E-state index contributed by atoms with van der Waals surface area (Å²) in [5, 5.41) is 28.0. The first kappa shape index (κ1) is 50.9. The number of aryl methyl sites for hydroxylation is 2. The first-order valence-electron chi connectivity index (χ1n) is 25.5. The molecule has 75 heavy (non-hydrogen) atoms. The lowest BCUT2D eigenvalue weighted by Gasteiger charge is -2.32. The van der Waals surface area contributed by atoms with E-state index in [0.29, 0.717) is 88.6 Å². The minimum Gasteiger partial charge on any atom is -0.357 e. The van der Waals surface area contributed by atoms with Gasteiger partial charge in [0.1, 0.15) is 18.5 Å². The molecule has 4 amide bonds. The number of aromatic nitrogens is 5. The second-order valence-electron chi connectivity index (χ2n) is 19.3. The molecule has 16 nitrogen and oxygen atoms in total. The third kappa shape index (κ3) is 12.4. The van der Waals surface area contributed by atoms with Crippen LogP contribution in [0.1, 0.15) is 132 Å². The van der Waals surface area contributed by atoms with E-state index in [1.54, 1.807) is 48.8 Å². The van der Waals surface area contributed by atoms with Crippen molar-refractivity contribution in [2.45, 2.75) is 70.6 Å². The summed E-state index contributed by atoms with van der Waals surface area (Å²) in [7, 11) is 0. The standard InChI is InChI=1S/C31H33N5O2.C28H25N7O2/c1-22-5-8-27(31(38)36-17-12-25(13-18-36)24-9-6-23(21-32)7-10-24)19-28(22)34-30(37)26-11-14-33-29(20-26)35-15-3-2-4-16-35;1-19-2-5-24(28(37)34-12-9-22(10-13-34)21-6-3-20(16-29)4-7-21)14-25(19)33-27(36)23-8-11-31-26(15-23)35-18-30-17-32-35/h5-11,14,19-20,25H,2-4,12-13,15-18H2,1H3,(H,34,37);2-8,11,14-15,17-18,22H,9-10,12-13H2,1H3,(H,33,36). The lowest BCUT2D eigenvalue weighted by molar-refractivity contribution is 0.0705. The molecule has 0 aliphatic carbocycles. The Morgan fingerprint density at radius 1 is 0.533 bits per heavy atom. The van der Waals surface area contributed by atoms with Crippen molar-refractivity contribution in [3.63, 3.8) is 0 Å². The van der Waals surface area contributed by atoms with E-state index in [9.17, 15) is 19.2 Å². The minimum absolute atomic E-state index is 0.0185. The van der Waals surface area contributed by atoms with Gasteiger partial charge in [-0.15, -0.1) is 0 Å². The van der Waals surface area contributed by atoms with Gasteiger partial charge in [-0.2, -0.15) is 15.6 Å². The summed E-state index contributed by atoms with van der Waals surface area (Å²) in [5.41, 5.74) is 8.81. The van der Waals surface area contributed by atoms with Crippen LogP contribution in [-0.4, -0.2) is 97.4 Å². The maximum atomic E-state index is 13.3. The second kappa shape index (κ2) is 23.7. The molecule has 0 saturated carbocycles. The van der Waals surface area contributed by atoms with Gasteiger partial charge in [0.15, 0.2) is 5.82 Å². The quantitative estimate of drug-likeness (QED) is 0.132. The van der Waals surface area contributed by atoms with Gasteiger partial charge in [-0.05, 0) is 166 Å². The van der Waals surface area contributed by atoms with Crippen LogP contribution in [0.5, 0.6) is 0 Å². The number of rotatable bonds is 10. The van der Waals surface area contributed by atoms with E-state index < -0.39 is 0 Å². The molecule has 3 aliphatic rings. The third-order valence-electron chi connectivity index (χ3n) is 14.4. The van der Waals surface area contributed by atoms with Crippen LogP contribution in [0.3, 0.4) is 0 Å². The van der Waals surface area contributed by atoms with E-state index in [-0.39, 0.29) is 23.6 Å². The van der Waals surface area contributed by atoms with E-state index in [1.807, 2.05) is 96.4 Å². The summed E-state index contributed by atoms with van der Waals surface area (Å²) in [6.45, 7) is 8.41. The largest absolute Gasteiger partial charge is 0.357 e. The van der Waals surface area contributed by atoms with Crippen molar-refractivity contribution in [2.75, 3.05) is 54.8 Å². The summed E-state index contributed by atoms with van der Waals surface area (Å²) < 4.78 is 1.48. The number of piperidine rings is 3. The van der Waals surface area contributed by atoms with Gasteiger partial charge in [0.25, 0.3) is 23.6 Å². The number of nitriles is 2. The molecule has 3 aromatic heterocycles. The predicted octanol–water partition coefficient (Wildman–Crippen LogP) is 9.64. The number of likely N-dealkylation sites (tertiary alicyclic amines) is 2. The number of carbonyl (C=O) groups excluding carboxylic acids is 4. The molecule has 0 atom stereocenters. The Balaban J connectivity index is 0.000000184. The summed E-state index contributed by atoms with van der Waals surface area (Å²) in [6.07, 6.45) is 13.2. The van der Waals surface area contributed by atoms with Crippen LogP contribution in [0.25, 0.3) is 5.82 Å². The van der Waals surface area contributed by atoms with Gasteiger partial charge in [0.05, 0.1) is 23.3 Å². The molecule has 3 saturated heterocycles. The topological polar surface area (TPSA) is 206 Å². The fourth-order valence-electron chi connectivity index (χ4n) is 9.89. The SMILES string of the molecule is Cc1ccc(C(=O)N2CCC(c3ccc(C#N)cc3)CC2)cc1NC(=O)c1ccnc(-n2cncn2)c1.Cc1ccc(C(=O)N2CCC(c3ccc(C#N)cc3)CC2)cc1NC(=O)c1ccnc(N2CCCCC2)c1. The molecular formula is C59H58N12O4. The third-order valence-corrected chi connectivity index (χ3v) is 14.4. The van der Waals surface area contributed by atoms with Crippen LogP contribution in [0, 0.1) is 36.5 Å². The summed E-state index contributed by atoms with van der Waals surface area (Å²) in [4.78, 5) is 71.3.